The Morgan fingerprint density at radius 1 is 1.03 bits per heavy atom. The van der Waals surface area contributed by atoms with E-state index in [1.54, 1.807) is 25.1 Å². The van der Waals surface area contributed by atoms with Gasteiger partial charge in [-0.25, -0.2) is 23.3 Å². The lowest BCUT2D eigenvalue weighted by Gasteiger charge is -2.18. The molecule has 0 radical (unpaired) electrons. The van der Waals surface area contributed by atoms with Crippen LogP contribution in [0.1, 0.15) is 37.9 Å². The molecule has 0 amide bonds. The second kappa shape index (κ2) is 8.46. The molecule has 1 N–H and O–H groups in total. The molecule has 0 aliphatic carbocycles. The molecule has 0 bridgehead atoms. The van der Waals surface area contributed by atoms with Crippen molar-refractivity contribution in [2.24, 2.45) is 0 Å². The van der Waals surface area contributed by atoms with Crippen molar-refractivity contribution in [1.82, 2.24) is 29.3 Å². The summed E-state index contributed by atoms with van der Waals surface area (Å²) in [5, 5.41) is 11.5. The highest BCUT2D eigenvalue weighted by molar-refractivity contribution is 5.57. The van der Waals surface area contributed by atoms with E-state index in [1.807, 2.05) is 24.3 Å². The topological polar surface area (TPSA) is 103 Å². The molecular weight excluding hydrogens is 449 g/mol. The Kier molecular flexibility index (Phi) is 5.43. The molecule has 2 aromatic carbocycles. The summed E-state index contributed by atoms with van der Waals surface area (Å²) in [6.45, 7) is 8.26. The van der Waals surface area contributed by atoms with Crippen molar-refractivity contribution in [1.29, 1.82) is 0 Å². The lowest BCUT2D eigenvalue weighted by atomic mass is 9.87. The zero-order valence-corrected chi connectivity index (χ0v) is 19.8. The van der Waals surface area contributed by atoms with Crippen LogP contribution in [0, 0.1) is 12.7 Å². The van der Waals surface area contributed by atoms with Crippen molar-refractivity contribution < 1.29 is 8.91 Å². The van der Waals surface area contributed by atoms with E-state index in [9.17, 15) is 9.18 Å². The second-order valence-electron chi connectivity index (χ2n) is 9.33. The summed E-state index contributed by atoms with van der Waals surface area (Å²) in [5.74, 6) is 0.608. The van der Waals surface area contributed by atoms with Gasteiger partial charge in [0.25, 0.3) is 0 Å². The zero-order chi connectivity index (χ0) is 24.7. The van der Waals surface area contributed by atoms with Gasteiger partial charge in [0, 0.05) is 23.0 Å². The van der Waals surface area contributed by atoms with Gasteiger partial charge in [-0.05, 0) is 42.2 Å². The van der Waals surface area contributed by atoms with Crippen LogP contribution in [0.4, 0.5) is 16.0 Å². The van der Waals surface area contributed by atoms with Crippen molar-refractivity contribution in [2.75, 3.05) is 5.32 Å². The number of nitrogens with one attached hydrogen (secondary N) is 1. The summed E-state index contributed by atoms with van der Waals surface area (Å²) in [7, 11) is 0. The maximum absolute atomic E-state index is 13.3. The molecule has 178 valence electrons. The molecule has 0 saturated heterocycles. The van der Waals surface area contributed by atoms with Crippen molar-refractivity contribution in [3.8, 4) is 11.4 Å². The third-order valence-corrected chi connectivity index (χ3v) is 5.56. The second-order valence-corrected chi connectivity index (χ2v) is 9.33. The van der Waals surface area contributed by atoms with Crippen LogP contribution in [-0.2, 0) is 12.0 Å². The van der Waals surface area contributed by atoms with E-state index in [1.165, 1.54) is 26.8 Å². The number of rotatable bonds is 5. The largest absolute Gasteiger partial charge is 0.353 e. The highest BCUT2D eigenvalue weighted by Crippen LogP contribution is 2.25. The molecule has 0 saturated carbocycles. The molecule has 0 fully saturated rings. The predicted octanol–water partition coefficient (Wildman–Crippen LogP) is 4.48. The van der Waals surface area contributed by atoms with Gasteiger partial charge in [-0.15, -0.1) is 5.10 Å². The SMILES string of the molecule is Cc1cc2nn(Cc3nc(-c4ccc(C(C)(C)C)cc4)no3)c(=O)n2c(Nc2ccc(F)cc2)n1. The van der Waals surface area contributed by atoms with Crippen LogP contribution in [0.15, 0.2) is 63.9 Å². The zero-order valence-electron chi connectivity index (χ0n) is 19.8. The summed E-state index contributed by atoms with van der Waals surface area (Å²) >= 11 is 0. The van der Waals surface area contributed by atoms with Gasteiger partial charge in [0.15, 0.2) is 5.65 Å². The fraction of sp³-hybridized carbons (Fsp3) is 0.240. The molecule has 3 heterocycles. The number of anilines is 2. The molecule has 10 heteroatoms. The number of benzene rings is 2. The third kappa shape index (κ3) is 4.54. The van der Waals surface area contributed by atoms with Gasteiger partial charge >= 0.3 is 5.69 Å². The number of nitrogens with zero attached hydrogens (tertiary/aromatic N) is 6. The number of aromatic nitrogens is 6. The minimum absolute atomic E-state index is 0.00260. The van der Waals surface area contributed by atoms with E-state index >= 15 is 0 Å². The molecule has 0 spiro atoms. The van der Waals surface area contributed by atoms with Gasteiger partial charge in [0.05, 0.1) is 0 Å². The maximum atomic E-state index is 13.3. The minimum atomic E-state index is -0.425. The molecule has 9 nitrogen and oxygen atoms in total. The highest BCUT2D eigenvalue weighted by Gasteiger charge is 2.18. The van der Waals surface area contributed by atoms with Gasteiger partial charge < -0.3 is 9.84 Å². The van der Waals surface area contributed by atoms with Crippen LogP contribution >= 0.6 is 0 Å². The fourth-order valence-corrected chi connectivity index (χ4v) is 3.69. The Labute approximate surface area is 200 Å². The van der Waals surface area contributed by atoms with Crippen molar-refractivity contribution in [2.45, 2.75) is 39.7 Å². The highest BCUT2D eigenvalue weighted by atomic mass is 19.1. The first-order chi connectivity index (χ1) is 16.7. The van der Waals surface area contributed by atoms with Gasteiger partial charge in [0.1, 0.15) is 12.4 Å². The first kappa shape index (κ1) is 22.5. The van der Waals surface area contributed by atoms with Crippen LogP contribution in [0.3, 0.4) is 0 Å². The number of hydrogen-bond donors (Lipinski definition) is 1. The molecular formula is C25H24FN7O2. The molecule has 0 aliphatic rings. The van der Waals surface area contributed by atoms with E-state index in [0.717, 1.165) is 5.56 Å². The first-order valence-electron chi connectivity index (χ1n) is 11.1. The van der Waals surface area contributed by atoms with Gasteiger partial charge in [0.2, 0.25) is 17.7 Å². The monoisotopic (exact) mass is 473 g/mol. The summed E-state index contributed by atoms with van der Waals surface area (Å²) < 4.78 is 21.2. The van der Waals surface area contributed by atoms with Crippen molar-refractivity contribution >= 4 is 17.3 Å². The van der Waals surface area contributed by atoms with E-state index in [0.29, 0.717) is 22.9 Å². The molecule has 5 rings (SSSR count). The van der Waals surface area contributed by atoms with E-state index < -0.39 is 5.69 Å². The minimum Gasteiger partial charge on any atom is -0.337 e. The summed E-state index contributed by atoms with van der Waals surface area (Å²) in [4.78, 5) is 22.0. The standard InChI is InChI=1S/C25H24FN7O2/c1-15-13-20-30-32(24(34)33(20)23(27-15)28-19-11-9-18(26)10-12-19)14-21-29-22(31-35-21)16-5-7-17(8-6-16)25(2,3)4/h5-13H,14H2,1-4H3,(H,27,28). The predicted molar refractivity (Wildman–Crippen MR) is 129 cm³/mol. The van der Waals surface area contributed by atoms with Gasteiger partial charge in [-0.1, -0.05) is 50.2 Å². The summed E-state index contributed by atoms with van der Waals surface area (Å²) in [6, 6.07) is 15.5. The maximum Gasteiger partial charge on any atom is 0.353 e. The van der Waals surface area contributed by atoms with Gasteiger partial charge in [-0.3, -0.25) is 0 Å². The van der Waals surface area contributed by atoms with Crippen molar-refractivity contribution in [3.05, 3.63) is 88.0 Å². The van der Waals surface area contributed by atoms with E-state index in [4.69, 9.17) is 4.52 Å². The molecule has 0 atom stereocenters. The van der Waals surface area contributed by atoms with Crippen molar-refractivity contribution in [3.63, 3.8) is 0 Å². The Bertz CT molecular complexity index is 1560. The fourth-order valence-electron chi connectivity index (χ4n) is 3.69. The quantitative estimate of drug-likeness (QED) is 0.401. The summed E-state index contributed by atoms with van der Waals surface area (Å²) in [5.41, 5.74) is 3.30. The van der Waals surface area contributed by atoms with E-state index in [-0.39, 0.29) is 29.6 Å². The normalized spacial score (nSPS) is 11.8. The van der Waals surface area contributed by atoms with Crippen LogP contribution in [-0.4, -0.2) is 29.3 Å². The lowest BCUT2D eigenvalue weighted by molar-refractivity contribution is 0.364. The number of fused-ring (bicyclic) bond motifs is 1. The number of aryl methyl sites for hydroxylation is 1. The van der Waals surface area contributed by atoms with E-state index in [2.05, 4.69) is 46.3 Å². The molecule has 3 aromatic heterocycles. The smallest absolute Gasteiger partial charge is 0.337 e. The lowest BCUT2D eigenvalue weighted by Crippen LogP contribution is -2.23. The van der Waals surface area contributed by atoms with Crippen LogP contribution in [0.5, 0.6) is 0 Å². The average Bonchev–Trinajstić information content (AvgIpc) is 3.39. The summed E-state index contributed by atoms with van der Waals surface area (Å²) in [6.07, 6.45) is 0. The first-order valence-corrected chi connectivity index (χ1v) is 11.1. The number of halogens is 1. The molecule has 0 aliphatic heterocycles. The van der Waals surface area contributed by atoms with Crippen LogP contribution < -0.4 is 11.0 Å². The third-order valence-electron chi connectivity index (χ3n) is 5.56. The molecule has 5 aromatic rings. The average molecular weight is 474 g/mol. The Morgan fingerprint density at radius 2 is 1.74 bits per heavy atom. The number of hydrogen-bond acceptors (Lipinski definition) is 7. The van der Waals surface area contributed by atoms with Gasteiger partial charge in [-0.2, -0.15) is 4.98 Å². The van der Waals surface area contributed by atoms with Crippen LogP contribution in [0.2, 0.25) is 0 Å². The Balaban J connectivity index is 1.43. The molecule has 0 unspecified atom stereocenters. The Hall–Kier alpha value is -4.34. The van der Waals surface area contributed by atoms with Crippen LogP contribution in [0.25, 0.3) is 17.0 Å². The molecule has 35 heavy (non-hydrogen) atoms. The Morgan fingerprint density at radius 3 is 2.43 bits per heavy atom.